The third-order valence-electron chi connectivity index (χ3n) is 2.97. The normalized spacial score (nSPS) is 14.4. The number of rotatable bonds is 4. The second-order valence-electron chi connectivity index (χ2n) is 4.33. The Balaban J connectivity index is 2.10. The van der Waals surface area contributed by atoms with Gasteiger partial charge in [-0.05, 0) is 42.3 Å². The van der Waals surface area contributed by atoms with Crippen LogP contribution in [0, 0.1) is 11.6 Å². The van der Waals surface area contributed by atoms with Crippen molar-refractivity contribution in [3.8, 4) is 0 Å². The van der Waals surface area contributed by atoms with E-state index in [0.29, 0.717) is 5.56 Å². The van der Waals surface area contributed by atoms with Crippen LogP contribution >= 0.6 is 11.3 Å². The fourth-order valence-electron chi connectivity index (χ4n) is 1.94. The summed E-state index contributed by atoms with van der Waals surface area (Å²) in [6.07, 6.45) is 0. The SMILES string of the molecule is CC(NC(C)c1ccc(F)cc1F)c1ccsc1. The van der Waals surface area contributed by atoms with Gasteiger partial charge in [-0.1, -0.05) is 6.07 Å². The van der Waals surface area contributed by atoms with Gasteiger partial charge in [0.25, 0.3) is 0 Å². The molecule has 2 rings (SSSR count). The van der Waals surface area contributed by atoms with E-state index in [1.54, 1.807) is 11.3 Å². The Labute approximate surface area is 109 Å². The van der Waals surface area contributed by atoms with Gasteiger partial charge in [0, 0.05) is 23.7 Å². The third-order valence-corrected chi connectivity index (χ3v) is 3.67. The van der Waals surface area contributed by atoms with Gasteiger partial charge in [-0.15, -0.1) is 0 Å². The molecule has 1 aromatic heterocycles. The maximum atomic E-state index is 13.6. The van der Waals surface area contributed by atoms with Crippen LogP contribution in [0.1, 0.15) is 37.1 Å². The van der Waals surface area contributed by atoms with Gasteiger partial charge < -0.3 is 5.32 Å². The summed E-state index contributed by atoms with van der Waals surface area (Å²) in [5, 5.41) is 7.37. The molecule has 0 saturated carbocycles. The van der Waals surface area contributed by atoms with E-state index in [1.165, 1.54) is 17.7 Å². The highest BCUT2D eigenvalue weighted by atomic mass is 32.1. The summed E-state index contributed by atoms with van der Waals surface area (Å²) in [4.78, 5) is 0. The molecule has 1 aromatic carbocycles. The predicted molar refractivity (Wildman–Crippen MR) is 70.6 cm³/mol. The van der Waals surface area contributed by atoms with Crippen molar-refractivity contribution >= 4 is 11.3 Å². The average molecular weight is 267 g/mol. The van der Waals surface area contributed by atoms with Crippen LogP contribution in [0.15, 0.2) is 35.0 Å². The van der Waals surface area contributed by atoms with Gasteiger partial charge in [0.15, 0.2) is 0 Å². The minimum Gasteiger partial charge on any atom is -0.304 e. The van der Waals surface area contributed by atoms with Crippen LogP contribution in [0.4, 0.5) is 8.78 Å². The Morgan fingerprint density at radius 3 is 2.50 bits per heavy atom. The van der Waals surface area contributed by atoms with Crippen LogP contribution < -0.4 is 5.32 Å². The molecule has 2 unspecified atom stereocenters. The van der Waals surface area contributed by atoms with E-state index in [0.717, 1.165) is 6.07 Å². The van der Waals surface area contributed by atoms with Gasteiger partial charge in [0.2, 0.25) is 0 Å². The lowest BCUT2D eigenvalue weighted by atomic mass is 10.1. The molecule has 1 nitrogen and oxygen atoms in total. The summed E-state index contributed by atoms with van der Waals surface area (Å²) in [6, 6.07) is 5.70. The van der Waals surface area contributed by atoms with Gasteiger partial charge in [0.1, 0.15) is 11.6 Å². The molecule has 0 amide bonds. The number of nitrogens with one attached hydrogen (secondary N) is 1. The van der Waals surface area contributed by atoms with Crippen molar-refractivity contribution in [2.24, 2.45) is 0 Å². The Hall–Kier alpha value is -1.26. The van der Waals surface area contributed by atoms with Crippen LogP contribution in [0.3, 0.4) is 0 Å². The van der Waals surface area contributed by atoms with E-state index in [2.05, 4.69) is 10.7 Å². The third kappa shape index (κ3) is 2.94. The molecule has 4 heteroatoms. The van der Waals surface area contributed by atoms with Crippen molar-refractivity contribution in [1.29, 1.82) is 0 Å². The lowest BCUT2D eigenvalue weighted by Gasteiger charge is -2.20. The van der Waals surface area contributed by atoms with E-state index in [4.69, 9.17) is 0 Å². The zero-order valence-corrected chi connectivity index (χ0v) is 11.1. The van der Waals surface area contributed by atoms with Crippen molar-refractivity contribution in [3.63, 3.8) is 0 Å². The van der Waals surface area contributed by atoms with Crippen LogP contribution in [-0.4, -0.2) is 0 Å². The number of benzene rings is 1. The number of halogens is 2. The van der Waals surface area contributed by atoms with Crippen LogP contribution in [0.25, 0.3) is 0 Å². The topological polar surface area (TPSA) is 12.0 Å². The van der Waals surface area contributed by atoms with Crippen LogP contribution in [0.2, 0.25) is 0 Å². The molecule has 1 heterocycles. The maximum Gasteiger partial charge on any atom is 0.130 e. The zero-order valence-electron chi connectivity index (χ0n) is 10.3. The molecular weight excluding hydrogens is 252 g/mol. The number of thiophene rings is 1. The van der Waals surface area contributed by atoms with Gasteiger partial charge in [-0.3, -0.25) is 0 Å². The minimum atomic E-state index is -0.547. The predicted octanol–water partition coefficient (Wildman–Crippen LogP) is 4.44. The lowest BCUT2D eigenvalue weighted by molar-refractivity contribution is 0.471. The molecular formula is C14H15F2NS. The molecule has 0 spiro atoms. The molecule has 0 aliphatic rings. The molecule has 18 heavy (non-hydrogen) atoms. The highest BCUT2D eigenvalue weighted by Gasteiger charge is 2.15. The number of hydrogen-bond acceptors (Lipinski definition) is 2. The number of hydrogen-bond donors (Lipinski definition) is 1. The van der Waals surface area contributed by atoms with Gasteiger partial charge in [-0.2, -0.15) is 11.3 Å². The first-order valence-corrected chi connectivity index (χ1v) is 6.75. The summed E-state index contributed by atoms with van der Waals surface area (Å²) in [5.74, 6) is -1.05. The summed E-state index contributed by atoms with van der Waals surface area (Å²) >= 11 is 1.63. The highest BCUT2D eigenvalue weighted by Crippen LogP contribution is 2.23. The van der Waals surface area contributed by atoms with E-state index in [9.17, 15) is 8.78 Å². The minimum absolute atomic E-state index is 0.135. The molecule has 0 radical (unpaired) electrons. The second-order valence-corrected chi connectivity index (χ2v) is 5.11. The van der Waals surface area contributed by atoms with Gasteiger partial charge in [0.05, 0.1) is 0 Å². The molecule has 0 fully saturated rings. The van der Waals surface area contributed by atoms with Crippen molar-refractivity contribution in [1.82, 2.24) is 5.32 Å². The second kappa shape index (κ2) is 5.59. The standard InChI is InChI=1S/C14H15F2NS/c1-9(11-5-6-18-8-11)17-10(2)13-4-3-12(15)7-14(13)16/h3-10,17H,1-2H3. The maximum absolute atomic E-state index is 13.6. The Morgan fingerprint density at radius 2 is 1.89 bits per heavy atom. The molecule has 2 aromatic rings. The first kappa shape index (κ1) is 13.2. The molecule has 0 aliphatic carbocycles. The summed E-state index contributed by atoms with van der Waals surface area (Å²) in [7, 11) is 0. The van der Waals surface area contributed by atoms with Crippen LogP contribution in [-0.2, 0) is 0 Å². The molecule has 0 aliphatic heterocycles. The van der Waals surface area contributed by atoms with Crippen molar-refractivity contribution in [2.75, 3.05) is 0 Å². The summed E-state index contributed by atoms with van der Waals surface area (Å²) in [6.45, 7) is 3.90. The van der Waals surface area contributed by atoms with Crippen molar-refractivity contribution in [2.45, 2.75) is 25.9 Å². The molecule has 0 saturated heterocycles. The van der Waals surface area contributed by atoms with Gasteiger partial charge in [-0.25, -0.2) is 8.78 Å². The fourth-order valence-corrected chi connectivity index (χ4v) is 2.69. The van der Waals surface area contributed by atoms with Crippen LogP contribution in [0.5, 0.6) is 0 Å². The van der Waals surface area contributed by atoms with Crippen molar-refractivity contribution < 1.29 is 8.78 Å². The summed E-state index contributed by atoms with van der Waals surface area (Å²) in [5.41, 5.74) is 1.66. The molecule has 96 valence electrons. The highest BCUT2D eigenvalue weighted by molar-refractivity contribution is 7.07. The van der Waals surface area contributed by atoms with Gasteiger partial charge >= 0.3 is 0 Å². The fraction of sp³-hybridized carbons (Fsp3) is 0.286. The monoisotopic (exact) mass is 267 g/mol. The summed E-state index contributed by atoms with van der Waals surface area (Å²) < 4.78 is 26.5. The molecule has 0 bridgehead atoms. The molecule has 2 atom stereocenters. The molecule has 1 N–H and O–H groups in total. The van der Waals surface area contributed by atoms with Crippen molar-refractivity contribution in [3.05, 3.63) is 57.8 Å². The first-order valence-electron chi connectivity index (χ1n) is 5.81. The Kier molecular flexibility index (Phi) is 4.09. The Bertz CT molecular complexity index is 511. The lowest BCUT2D eigenvalue weighted by Crippen LogP contribution is -2.23. The largest absolute Gasteiger partial charge is 0.304 e. The zero-order chi connectivity index (χ0) is 13.1. The smallest absolute Gasteiger partial charge is 0.130 e. The quantitative estimate of drug-likeness (QED) is 0.863. The Morgan fingerprint density at radius 1 is 1.11 bits per heavy atom. The van der Waals surface area contributed by atoms with E-state index in [1.807, 2.05) is 25.3 Å². The van der Waals surface area contributed by atoms with E-state index < -0.39 is 11.6 Å². The van der Waals surface area contributed by atoms with E-state index in [-0.39, 0.29) is 12.1 Å². The first-order chi connectivity index (χ1) is 8.58. The van der Waals surface area contributed by atoms with E-state index >= 15 is 0 Å². The average Bonchev–Trinajstić information content (AvgIpc) is 2.81.